The Morgan fingerprint density at radius 2 is 1.73 bits per heavy atom. The highest BCUT2D eigenvalue weighted by atomic mass is 32.2. The van der Waals surface area contributed by atoms with Crippen molar-refractivity contribution in [3.8, 4) is 0 Å². The second-order valence-electron chi connectivity index (χ2n) is 5.17. The molecular formula is C16H15NO3S2. The lowest BCUT2D eigenvalue weighted by Crippen LogP contribution is -2.42. The molecule has 1 heterocycles. The maximum absolute atomic E-state index is 12.7. The van der Waals surface area contributed by atoms with Crippen molar-refractivity contribution >= 4 is 27.6 Å². The van der Waals surface area contributed by atoms with Crippen molar-refractivity contribution < 1.29 is 13.2 Å². The minimum atomic E-state index is -3.64. The first-order valence-corrected chi connectivity index (χ1v) is 9.08. The van der Waals surface area contributed by atoms with Gasteiger partial charge < -0.3 is 0 Å². The van der Waals surface area contributed by atoms with Crippen molar-refractivity contribution in [3.05, 3.63) is 59.7 Å². The lowest BCUT2D eigenvalue weighted by atomic mass is 10.1. The SMILES string of the molecule is Cc1ccc(C(=O)C2Sc3ccccc3S(=O)(=O)N2C)cc1. The Balaban J connectivity index is 2.03. The number of nitrogens with zero attached hydrogens (tertiary/aromatic N) is 1. The number of carbonyl (C=O) groups is 1. The third-order valence-electron chi connectivity index (χ3n) is 3.64. The number of aryl methyl sites for hydroxylation is 1. The van der Waals surface area contributed by atoms with E-state index in [0.717, 1.165) is 9.87 Å². The molecule has 1 atom stereocenters. The van der Waals surface area contributed by atoms with E-state index in [9.17, 15) is 13.2 Å². The first kappa shape index (κ1) is 15.3. The lowest BCUT2D eigenvalue weighted by Gasteiger charge is -2.31. The molecule has 0 saturated heterocycles. The topological polar surface area (TPSA) is 54.5 Å². The molecule has 0 fully saturated rings. The number of Topliss-reactive ketones (excluding diaryl/α,β-unsaturated/α-hetero) is 1. The fourth-order valence-corrected chi connectivity index (χ4v) is 5.45. The highest BCUT2D eigenvalue weighted by Gasteiger charge is 2.40. The first-order chi connectivity index (χ1) is 10.4. The van der Waals surface area contributed by atoms with Gasteiger partial charge in [-0.05, 0) is 19.1 Å². The van der Waals surface area contributed by atoms with Gasteiger partial charge >= 0.3 is 0 Å². The van der Waals surface area contributed by atoms with Crippen molar-refractivity contribution in [1.82, 2.24) is 4.31 Å². The molecule has 22 heavy (non-hydrogen) atoms. The van der Waals surface area contributed by atoms with Crippen molar-refractivity contribution in [2.24, 2.45) is 0 Å². The van der Waals surface area contributed by atoms with Gasteiger partial charge in [-0.15, -0.1) is 0 Å². The van der Waals surface area contributed by atoms with E-state index in [2.05, 4.69) is 0 Å². The van der Waals surface area contributed by atoms with Crippen LogP contribution in [0, 0.1) is 6.92 Å². The van der Waals surface area contributed by atoms with E-state index in [1.807, 2.05) is 19.1 Å². The number of ketones is 1. The number of benzene rings is 2. The third-order valence-corrected chi connectivity index (χ3v) is 7.14. The molecule has 1 aliphatic rings. The van der Waals surface area contributed by atoms with Crippen LogP contribution >= 0.6 is 11.8 Å². The summed E-state index contributed by atoms with van der Waals surface area (Å²) in [6.45, 7) is 1.94. The van der Waals surface area contributed by atoms with Crippen LogP contribution in [0.25, 0.3) is 0 Å². The number of sulfonamides is 1. The van der Waals surface area contributed by atoms with Gasteiger partial charge in [0.05, 0.1) is 4.90 Å². The van der Waals surface area contributed by atoms with Gasteiger partial charge in [-0.3, -0.25) is 4.79 Å². The minimum Gasteiger partial charge on any atom is -0.291 e. The Hall–Kier alpha value is -1.63. The quantitative estimate of drug-likeness (QED) is 0.793. The molecule has 2 aromatic carbocycles. The monoisotopic (exact) mass is 333 g/mol. The molecule has 114 valence electrons. The van der Waals surface area contributed by atoms with Crippen LogP contribution in [0.5, 0.6) is 0 Å². The molecular weight excluding hydrogens is 318 g/mol. The summed E-state index contributed by atoms with van der Waals surface area (Å²) in [6.07, 6.45) is 0. The molecule has 4 nitrogen and oxygen atoms in total. The maximum Gasteiger partial charge on any atom is 0.245 e. The zero-order valence-corrected chi connectivity index (χ0v) is 13.8. The van der Waals surface area contributed by atoms with Crippen LogP contribution < -0.4 is 0 Å². The summed E-state index contributed by atoms with van der Waals surface area (Å²) >= 11 is 1.27. The highest BCUT2D eigenvalue weighted by molar-refractivity contribution is 8.03. The Labute approximate surface area is 134 Å². The number of thioether (sulfide) groups is 1. The lowest BCUT2D eigenvalue weighted by molar-refractivity contribution is 0.0955. The van der Waals surface area contributed by atoms with E-state index < -0.39 is 15.4 Å². The van der Waals surface area contributed by atoms with E-state index in [4.69, 9.17) is 0 Å². The zero-order valence-electron chi connectivity index (χ0n) is 12.2. The molecule has 0 aromatic heterocycles. The van der Waals surface area contributed by atoms with Crippen LogP contribution in [0.15, 0.2) is 58.3 Å². The molecule has 0 bridgehead atoms. The summed E-state index contributed by atoms with van der Waals surface area (Å²) in [5, 5.41) is -0.775. The van der Waals surface area contributed by atoms with Gasteiger partial charge in [0.1, 0.15) is 5.37 Å². The molecule has 0 amide bonds. The second-order valence-corrected chi connectivity index (χ2v) is 8.26. The summed E-state index contributed by atoms with van der Waals surface area (Å²) in [7, 11) is -2.19. The average molecular weight is 333 g/mol. The molecule has 0 aliphatic carbocycles. The van der Waals surface area contributed by atoms with Gasteiger partial charge in [-0.1, -0.05) is 53.7 Å². The number of fused-ring (bicyclic) bond motifs is 1. The molecule has 2 aromatic rings. The Morgan fingerprint density at radius 3 is 2.41 bits per heavy atom. The Bertz CT molecular complexity index is 829. The number of hydrogen-bond donors (Lipinski definition) is 0. The van der Waals surface area contributed by atoms with Gasteiger partial charge in [0, 0.05) is 17.5 Å². The summed E-state index contributed by atoms with van der Waals surface area (Å²) < 4.78 is 26.3. The van der Waals surface area contributed by atoms with Crippen LogP contribution in [0.1, 0.15) is 15.9 Å². The predicted octanol–water partition coefficient (Wildman–Crippen LogP) is 2.93. The fraction of sp³-hybridized carbons (Fsp3) is 0.188. The van der Waals surface area contributed by atoms with Gasteiger partial charge in [0.25, 0.3) is 0 Å². The second kappa shape index (κ2) is 5.53. The summed E-state index contributed by atoms with van der Waals surface area (Å²) in [5.41, 5.74) is 1.57. The maximum atomic E-state index is 12.7. The smallest absolute Gasteiger partial charge is 0.245 e. The van der Waals surface area contributed by atoms with Gasteiger partial charge in [-0.25, -0.2) is 8.42 Å². The largest absolute Gasteiger partial charge is 0.291 e. The molecule has 0 radical (unpaired) electrons. The third kappa shape index (κ3) is 2.47. The average Bonchev–Trinajstić information content (AvgIpc) is 2.51. The zero-order chi connectivity index (χ0) is 15.9. The molecule has 1 unspecified atom stereocenters. The summed E-state index contributed by atoms with van der Waals surface area (Å²) in [4.78, 5) is 13.6. The van der Waals surface area contributed by atoms with Crippen LogP contribution in [0.2, 0.25) is 0 Å². The van der Waals surface area contributed by atoms with E-state index in [1.54, 1.807) is 36.4 Å². The first-order valence-electron chi connectivity index (χ1n) is 6.76. The fourth-order valence-electron chi connectivity index (χ4n) is 2.32. The van der Waals surface area contributed by atoms with Gasteiger partial charge in [0.2, 0.25) is 10.0 Å². The Morgan fingerprint density at radius 1 is 1.09 bits per heavy atom. The molecule has 3 rings (SSSR count). The van der Waals surface area contributed by atoms with Crippen LogP contribution in [-0.4, -0.2) is 30.9 Å². The molecule has 6 heteroatoms. The van der Waals surface area contributed by atoms with E-state index in [-0.39, 0.29) is 10.7 Å². The predicted molar refractivity (Wildman–Crippen MR) is 86.5 cm³/mol. The summed E-state index contributed by atoms with van der Waals surface area (Å²) in [6, 6.07) is 13.9. The van der Waals surface area contributed by atoms with E-state index in [0.29, 0.717) is 10.5 Å². The van der Waals surface area contributed by atoms with Crippen molar-refractivity contribution in [2.75, 3.05) is 7.05 Å². The number of hydrogen-bond acceptors (Lipinski definition) is 4. The Kier molecular flexibility index (Phi) is 3.84. The number of carbonyl (C=O) groups excluding carboxylic acids is 1. The van der Waals surface area contributed by atoms with Crippen molar-refractivity contribution in [2.45, 2.75) is 22.1 Å². The molecule has 0 N–H and O–H groups in total. The molecule has 0 spiro atoms. The van der Waals surface area contributed by atoms with Crippen LogP contribution in [0.4, 0.5) is 0 Å². The molecule has 1 aliphatic heterocycles. The van der Waals surface area contributed by atoms with Crippen molar-refractivity contribution in [1.29, 1.82) is 0 Å². The standard InChI is InChI=1S/C16H15NO3S2/c1-11-7-9-12(10-8-11)15(18)16-17(2)22(19,20)14-6-4-3-5-13(14)21-16/h3-10,16H,1-2H3. The number of likely N-dealkylation sites (N-methyl/N-ethyl adjacent to an activating group) is 1. The van der Waals surface area contributed by atoms with Crippen LogP contribution in [0.3, 0.4) is 0 Å². The highest BCUT2D eigenvalue weighted by Crippen LogP contribution is 2.40. The van der Waals surface area contributed by atoms with E-state index in [1.165, 1.54) is 18.8 Å². The summed E-state index contributed by atoms with van der Waals surface area (Å²) in [5.74, 6) is -0.203. The van der Waals surface area contributed by atoms with Crippen molar-refractivity contribution in [3.63, 3.8) is 0 Å². The molecule has 0 saturated carbocycles. The number of rotatable bonds is 2. The van der Waals surface area contributed by atoms with E-state index >= 15 is 0 Å². The van der Waals surface area contributed by atoms with Crippen LogP contribution in [-0.2, 0) is 10.0 Å². The minimum absolute atomic E-state index is 0.203. The van der Waals surface area contributed by atoms with Gasteiger partial charge in [-0.2, -0.15) is 4.31 Å². The normalized spacial score (nSPS) is 20.4. The van der Waals surface area contributed by atoms with Gasteiger partial charge in [0.15, 0.2) is 5.78 Å².